The van der Waals surface area contributed by atoms with Crippen molar-refractivity contribution >= 4 is 35.6 Å². The third-order valence-corrected chi connectivity index (χ3v) is 5.42. The molecule has 2 heterocycles. The van der Waals surface area contributed by atoms with E-state index in [1.165, 1.54) is 12.5 Å². The summed E-state index contributed by atoms with van der Waals surface area (Å²) in [6.07, 6.45) is 1.79. The fourth-order valence-corrected chi connectivity index (χ4v) is 3.68. The van der Waals surface area contributed by atoms with Crippen LogP contribution in [0.15, 0.2) is 12.5 Å². The van der Waals surface area contributed by atoms with E-state index in [1.807, 2.05) is 0 Å². The Labute approximate surface area is 199 Å². The molecule has 35 heavy (non-hydrogen) atoms. The van der Waals surface area contributed by atoms with Gasteiger partial charge in [-0.05, 0) is 19.3 Å². The minimum Gasteiger partial charge on any atom is -0.481 e. The van der Waals surface area contributed by atoms with Crippen LogP contribution in [0.4, 0.5) is 0 Å². The first kappa shape index (κ1) is 27.2. The summed E-state index contributed by atoms with van der Waals surface area (Å²) in [6, 6.07) is -5.17. The van der Waals surface area contributed by atoms with Gasteiger partial charge in [0.05, 0.1) is 18.8 Å². The Morgan fingerprint density at radius 1 is 1.11 bits per heavy atom. The highest BCUT2D eigenvalue weighted by atomic mass is 16.4. The van der Waals surface area contributed by atoms with Crippen LogP contribution in [0.5, 0.6) is 0 Å². The van der Waals surface area contributed by atoms with Gasteiger partial charge in [-0.2, -0.15) is 0 Å². The van der Waals surface area contributed by atoms with Gasteiger partial charge in [-0.15, -0.1) is 0 Å². The number of H-pyrrole nitrogens is 1. The van der Waals surface area contributed by atoms with Gasteiger partial charge >= 0.3 is 17.9 Å². The largest absolute Gasteiger partial charge is 0.481 e. The smallest absolute Gasteiger partial charge is 0.326 e. The summed E-state index contributed by atoms with van der Waals surface area (Å²) in [7, 11) is 0. The van der Waals surface area contributed by atoms with Crippen LogP contribution in [0, 0.1) is 0 Å². The van der Waals surface area contributed by atoms with E-state index in [4.69, 9.17) is 15.9 Å². The molecule has 15 nitrogen and oxygen atoms in total. The molecule has 0 bridgehead atoms. The number of nitrogens with zero attached hydrogens (tertiary/aromatic N) is 2. The van der Waals surface area contributed by atoms with Gasteiger partial charge in [-0.3, -0.25) is 24.0 Å². The number of nitrogens with one attached hydrogen (secondary N) is 3. The Bertz CT molecular complexity index is 951. The number of hydrogen-bond acceptors (Lipinski definition) is 8. The quantitative estimate of drug-likeness (QED) is 0.152. The van der Waals surface area contributed by atoms with Crippen LogP contribution in [-0.4, -0.2) is 96.5 Å². The Morgan fingerprint density at radius 3 is 2.40 bits per heavy atom. The van der Waals surface area contributed by atoms with Gasteiger partial charge in [0.1, 0.15) is 18.1 Å². The van der Waals surface area contributed by atoms with E-state index >= 15 is 0 Å². The van der Waals surface area contributed by atoms with E-state index in [9.17, 15) is 33.9 Å². The summed E-state index contributed by atoms with van der Waals surface area (Å²) in [6.45, 7) is 0.154. The number of carbonyl (C=O) groups is 6. The third kappa shape index (κ3) is 8.06. The normalized spacial score (nSPS) is 17.7. The number of hydrogen-bond donors (Lipinski definition) is 7. The Morgan fingerprint density at radius 2 is 1.83 bits per heavy atom. The van der Waals surface area contributed by atoms with Crippen LogP contribution in [0.25, 0.3) is 0 Å². The number of aliphatic carboxylic acids is 3. The fraction of sp³-hybridized carbons (Fsp3) is 0.550. The molecular weight excluding hydrogens is 468 g/mol. The summed E-state index contributed by atoms with van der Waals surface area (Å²) >= 11 is 0. The molecule has 192 valence electrons. The molecule has 1 aliphatic heterocycles. The van der Waals surface area contributed by atoms with E-state index in [2.05, 4.69) is 20.6 Å². The average molecular weight is 496 g/mol. The summed E-state index contributed by atoms with van der Waals surface area (Å²) < 4.78 is 0. The van der Waals surface area contributed by atoms with Crippen molar-refractivity contribution in [1.29, 1.82) is 0 Å². The summed E-state index contributed by atoms with van der Waals surface area (Å²) in [5.74, 6) is -6.27. The van der Waals surface area contributed by atoms with Crippen molar-refractivity contribution in [1.82, 2.24) is 25.5 Å². The van der Waals surface area contributed by atoms with E-state index in [0.29, 0.717) is 12.1 Å². The van der Waals surface area contributed by atoms with Crippen LogP contribution in [0.3, 0.4) is 0 Å². The van der Waals surface area contributed by atoms with Gasteiger partial charge in [0.2, 0.25) is 17.7 Å². The van der Waals surface area contributed by atoms with Crippen molar-refractivity contribution in [3.63, 3.8) is 0 Å². The maximum Gasteiger partial charge on any atom is 0.326 e. The summed E-state index contributed by atoms with van der Waals surface area (Å²) in [5, 5.41) is 32.0. The monoisotopic (exact) mass is 496 g/mol. The molecule has 0 spiro atoms. The van der Waals surface area contributed by atoms with E-state index in [1.54, 1.807) is 0 Å². The lowest BCUT2D eigenvalue weighted by molar-refractivity contribution is -0.145. The standard InChI is InChI=1S/C20H28N6O9/c21-11(7-16(29)30)19(33)26-5-1-2-14(26)18(32)24-12(3-4-15(27)28)17(31)25-13(20(34)35)6-10-8-22-9-23-10/h8-9,11-14H,1-7,21H2,(H,22,23)(H,24,32)(H,25,31)(H,27,28)(H,29,30)(H,34,35). The van der Waals surface area contributed by atoms with Crippen LogP contribution in [0.1, 0.15) is 37.8 Å². The van der Waals surface area contributed by atoms with Gasteiger partial charge in [0, 0.05) is 31.3 Å². The molecule has 0 aromatic carbocycles. The fourth-order valence-electron chi connectivity index (χ4n) is 3.68. The van der Waals surface area contributed by atoms with Crippen LogP contribution >= 0.6 is 0 Å². The average Bonchev–Trinajstić information content (AvgIpc) is 3.46. The predicted octanol–water partition coefficient (Wildman–Crippen LogP) is -2.34. The molecule has 0 saturated carbocycles. The number of nitrogens with two attached hydrogens (primary N) is 1. The summed E-state index contributed by atoms with van der Waals surface area (Å²) in [5.41, 5.74) is 6.07. The molecule has 1 aliphatic rings. The highest BCUT2D eigenvalue weighted by Gasteiger charge is 2.38. The highest BCUT2D eigenvalue weighted by molar-refractivity contribution is 5.95. The molecule has 2 rings (SSSR count). The van der Waals surface area contributed by atoms with Crippen molar-refractivity contribution in [3.8, 4) is 0 Å². The molecule has 1 aromatic rings. The van der Waals surface area contributed by atoms with E-state index in [-0.39, 0.29) is 25.8 Å². The molecule has 15 heteroatoms. The second-order valence-electron chi connectivity index (χ2n) is 8.07. The zero-order valence-corrected chi connectivity index (χ0v) is 18.7. The van der Waals surface area contributed by atoms with Crippen molar-refractivity contribution < 1.29 is 44.1 Å². The number of carboxylic acids is 3. The van der Waals surface area contributed by atoms with E-state index < -0.39 is 72.6 Å². The third-order valence-electron chi connectivity index (χ3n) is 5.42. The number of amides is 3. The Kier molecular flexibility index (Phi) is 9.69. The minimum atomic E-state index is -1.40. The van der Waals surface area contributed by atoms with Crippen LogP contribution in [-0.2, 0) is 35.2 Å². The van der Waals surface area contributed by atoms with E-state index in [0.717, 1.165) is 4.90 Å². The van der Waals surface area contributed by atoms with Crippen molar-refractivity contribution in [2.24, 2.45) is 5.73 Å². The topological polar surface area (TPSA) is 245 Å². The van der Waals surface area contributed by atoms with Gasteiger partial charge in [0.15, 0.2) is 0 Å². The summed E-state index contributed by atoms with van der Waals surface area (Å²) in [4.78, 5) is 79.4. The Hall–Kier alpha value is -4.01. The number of carbonyl (C=O) groups excluding carboxylic acids is 3. The highest BCUT2D eigenvalue weighted by Crippen LogP contribution is 2.19. The van der Waals surface area contributed by atoms with Gasteiger partial charge in [-0.25, -0.2) is 9.78 Å². The first-order valence-electron chi connectivity index (χ1n) is 10.8. The molecule has 4 unspecified atom stereocenters. The number of likely N-dealkylation sites (tertiary alicyclic amines) is 1. The predicted molar refractivity (Wildman–Crippen MR) is 116 cm³/mol. The first-order valence-corrected chi connectivity index (χ1v) is 10.8. The second kappa shape index (κ2) is 12.5. The number of rotatable bonds is 13. The lowest BCUT2D eigenvalue weighted by atomic mass is 10.1. The minimum absolute atomic E-state index is 0.132. The molecule has 1 fully saturated rings. The lowest BCUT2D eigenvalue weighted by Crippen LogP contribution is -2.57. The molecule has 3 amide bonds. The zero-order chi connectivity index (χ0) is 26.1. The van der Waals surface area contributed by atoms with Crippen LogP contribution in [0.2, 0.25) is 0 Å². The van der Waals surface area contributed by atoms with Crippen molar-refractivity contribution in [3.05, 3.63) is 18.2 Å². The SMILES string of the molecule is NC(CC(=O)O)C(=O)N1CCCC1C(=O)NC(CCC(=O)O)C(=O)NC(Cc1cnc[nH]1)C(=O)O. The van der Waals surface area contributed by atoms with Gasteiger partial charge in [0.25, 0.3) is 0 Å². The maximum absolute atomic E-state index is 12.9. The van der Waals surface area contributed by atoms with Crippen molar-refractivity contribution in [2.45, 2.75) is 62.7 Å². The first-order chi connectivity index (χ1) is 16.5. The lowest BCUT2D eigenvalue weighted by Gasteiger charge is -2.28. The number of aromatic nitrogens is 2. The van der Waals surface area contributed by atoms with Gasteiger partial charge < -0.3 is 41.6 Å². The van der Waals surface area contributed by atoms with Crippen molar-refractivity contribution in [2.75, 3.05) is 6.54 Å². The molecule has 1 aromatic heterocycles. The number of carboxylic acid groups (broad SMARTS) is 3. The van der Waals surface area contributed by atoms with Crippen LogP contribution < -0.4 is 16.4 Å². The zero-order valence-electron chi connectivity index (χ0n) is 18.7. The molecule has 4 atom stereocenters. The molecule has 0 aliphatic carbocycles. The number of imidazole rings is 1. The second-order valence-corrected chi connectivity index (χ2v) is 8.07. The molecule has 0 radical (unpaired) electrons. The molecule has 8 N–H and O–H groups in total. The van der Waals surface area contributed by atoms with Gasteiger partial charge in [-0.1, -0.05) is 0 Å². The molecular formula is C20H28N6O9. The number of aromatic amines is 1. The Balaban J connectivity index is 2.11. The molecule has 1 saturated heterocycles. The maximum atomic E-state index is 12.9.